The Morgan fingerprint density at radius 2 is 2.04 bits per heavy atom. The summed E-state index contributed by atoms with van der Waals surface area (Å²) in [4.78, 5) is 11.9. The van der Waals surface area contributed by atoms with Crippen molar-refractivity contribution in [1.82, 2.24) is 25.4 Å². The highest BCUT2D eigenvalue weighted by molar-refractivity contribution is 5.74. The average Bonchev–Trinajstić information content (AvgIpc) is 2.80. The molecule has 2 heterocycles. The maximum atomic E-state index is 11.9. The molecule has 24 heavy (non-hydrogen) atoms. The van der Waals surface area contributed by atoms with E-state index in [-0.39, 0.29) is 12.1 Å². The summed E-state index contributed by atoms with van der Waals surface area (Å²) >= 11 is 0. The molecule has 1 fully saturated rings. The minimum Gasteiger partial charge on any atom is -0.391 e. The number of aliphatic hydroxyl groups is 1. The van der Waals surface area contributed by atoms with Crippen molar-refractivity contribution in [3.05, 3.63) is 11.6 Å². The standard InChI is InChI=1S/C17H29N5O2/c23-14-8-4-3-7-13(14)19-17(24)18-11-6-10-16-21-20-15-9-2-1-5-12-22(15)16/h13-14,23H,1-12H2,(H2,18,19,24). The lowest BCUT2D eigenvalue weighted by Crippen LogP contribution is -2.49. The fraction of sp³-hybridized carbons (Fsp3) is 0.824. The number of urea groups is 1. The van der Waals surface area contributed by atoms with Gasteiger partial charge in [0.1, 0.15) is 11.6 Å². The molecule has 1 aromatic heterocycles. The first-order chi connectivity index (χ1) is 11.7. The number of amides is 2. The Bertz CT molecular complexity index is 545. The van der Waals surface area contributed by atoms with Crippen LogP contribution in [-0.4, -0.2) is 44.6 Å². The van der Waals surface area contributed by atoms with Gasteiger partial charge >= 0.3 is 6.03 Å². The highest BCUT2D eigenvalue weighted by atomic mass is 16.3. The Hall–Kier alpha value is -1.63. The van der Waals surface area contributed by atoms with Crippen molar-refractivity contribution in [3.8, 4) is 0 Å². The van der Waals surface area contributed by atoms with Gasteiger partial charge in [0, 0.05) is 25.9 Å². The number of nitrogens with one attached hydrogen (secondary N) is 2. The number of carbonyl (C=O) groups excluding carboxylic acids is 1. The molecule has 3 N–H and O–H groups in total. The predicted molar refractivity (Wildman–Crippen MR) is 90.7 cm³/mol. The minimum atomic E-state index is -0.407. The van der Waals surface area contributed by atoms with E-state index in [4.69, 9.17) is 0 Å². The van der Waals surface area contributed by atoms with Gasteiger partial charge in [-0.15, -0.1) is 10.2 Å². The maximum absolute atomic E-state index is 11.9. The van der Waals surface area contributed by atoms with Crippen LogP contribution < -0.4 is 10.6 Å². The van der Waals surface area contributed by atoms with Gasteiger partial charge in [0.15, 0.2) is 0 Å². The van der Waals surface area contributed by atoms with Gasteiger partial charge in [0.25, 0.3) is 0 Å². The van der Waals surface area contributed by atoms with Gasteiger partial charge < -0.3 is 20.3 Å². The second-order valence-corrected chi connectivity index (χ2v) is 6.96. The second-order valence-electron chi connectivity index (χ2n) is 6.96. The first kappa shape index (κ1) is 17.2. The molecule has 7 heteroatoms. The van der Waals surface area contributed by atoms with Crippen LogP contribution in [0.25, 0.3) is 0 Å². The normalized spacial score (nSPS) is 24.0. The molecule has 0 saturated heterocycles. The number of rotatable bonds is 5. The van der Waals surface area contributed by atoms with Crippen LogP contribution in [0, 0.1) is 0 Å². The van der Waals surface area contributed by atoms with E-state index in [1.165, 1.54) is 19.3 Å². The molecule has 7 nitrogen and oxygen atoms in total. The number of aliphatic hydroxyl groups excluding tert-OH is 1. The summed E-state index contributed by atoms with van der Waals surface area (Å²) in [5, 5.41) is 24.3. The average molecular weight is 335 g/mol. The van der Waals surface area contributed by atoms with Crippen molar-refractivity contribution < 1.29 is 9.90 Å². The van der Waals surface area contributed by atoms with Crippen LogP contribution in [0.2, 0.25) is 0 Å². The molecular weight excluding hydrogens is 306 g/mol. The third-order valence-electron chi connectivity index (χ3n) is 5.09. The van der Waals surface area contributed by atoms with Crippen molar-refractivity contribution in [2.75, 3.05) is 6.54 Å². The Morgan fingerprint density at radius 3 is 2.92 bits per heavy atom. The summed E-state index contributed by atoms with van der Waals surface area (Å²) in [7, 11) is 0. The van der Waals surface area contributed by atoms with Crippen molar-refractivity contribution in [2.45, 2.75) is 82.9 Å². The number of aromatic nitrogens is 3. The summed E-state index contributed by atoms with van der Waals surface area (Å²) in [5.74, 6) is 2.15. The minimum absolute atomic E-state index is 0.106. The highest BCUT2D eigenvalue weighted by Crippen LogP contribution is 2.18. The number of hydrogen-bond donors (Lipinski definition) is 3. The lowest BCUT2D eigenvalue weighted by atomic mass is 9.93. The lowest BCUT2D eigenvalue weighted by molar-refractivity contribution is 0.0943. The molecule has 0 bridgehead atoms. The molecule has 1 aliphatic carbocycles. The molecular formula is C17H29N5O2. The van der Waals surface area contributed by atoms with Crippen LogP contribution in [0.15, 0.2) is 0 Å². The molecule has 3 rings (SSSR count). The molecule has 1 aromatic rings. The lowest BCUT2D eigenvalue weighted by Gasteiger charge is -2.28. The fourth-order valence-corrected chi connectivity index (χ4v) is 3.68. The van der Waals surface area contributed by atoms with Crippen molar-refractivity contribution in [2.24, 2.45) is 0 Å². The third kappa shape index (κ3) is 4.47. The SMILES string of the molecule is O=C(NCCCc1nnc2n1CCCCC2)NC1CCCCC1O. The van der Waals surface area contributed by atoms with Gasteiger partial charge in [-0.05, 0) is 32.1 Å². The largest absolute Gasteiger partial charge is 0.391 e. The molecule has 0 spiro atoms. The van der Waals surface area contributed by atoms with Gasteiger partial charge in [-0.1, -0.05) is 19.3 Å². The zero-order valence-corrected chi connectivity index (χ0v) is 14.3. The number of aryl methyl sites for hydroxylation is 2. The summed E-state index contributed by atoms with van der Waals surface area (Å²) in [5.41, 5.74) is 0. The number of fused-ring (bicyclic) bond motifs is 1. The van der Waals surface area contributed by atoms with Crippen LogP contribution in [0.4, 0.5) is 4.79 Å². The number of nitrogens with zero attached hydrogens (tertiary/aromatic N) is 3. The van der Waals surface area contributed by atoms with Crippen LogP contribution in [-0.2, 0) is 19.4 Å². The van der Waals surface area contributed by atoms with E-state index >= 15 is 0 Å². The third-order valence-corrected chi connectivity index (χ3v) is 5.09. The fourth-order valence-electron chi connectivity index (χ4n) is 3.68. The van der Waals surface area contributed by atoms with E-state index < -0.39 is 6.10 Å². The zero-order chi connectivity index (χ0) is 16.8. The maximum Gasteiger partial charge on any atom is 0.315 e. The number of carbonyl (C=O) groups is 1. The molecule has 1 aliphatic heterocycles. The van der Waals surface area contributed by atoms with Gasteiger partial charge in [0.05, 0.1) is 12.1 Å². The zero-order valence-electron chi connectivity index (χ0n) is 14.3. The van der Waals surface area contributed by atoms with E-state index in [2.05, 4.69) is 25.4 Å². The number of hydrogen-bond acceptors (Lipinski definition) is 4. The molecule has 0 radical (unpaired) electrons. The molecule has 2 unspecified atom stereocenters. The molecule has 1 saturated carbocycles. The Morgan fingerprint density at radius 1 is 1.17 bits per heavy atom. The molecule has 2 amide bonds. The highest BCUT2D eigenvalue weighted by Gasteiger charge is 2.24. The van der Waals surface area contributed by atoms with E-state index in [0.29, 0.717) is 6.54 Å². The Kier molecular flexibility index (Phi) is 6.07. The smallest absolute Gasteiger partial charge is 0.315 e. The van der Waals surface area contributed by atoms with E-state index in [1.807, 2.05) is 0 Å². The van der Waals surface area contributed by atoms with E-state index in [1.54, 1.807) is 0 Å². The second kappa shape index (κ2) is 8.46. The van der Waals surface area contributed by atoms with Crippen molar-refractivity contribution >= 4 is 6.03 Å². The summed E-state index contributed by atoms with van der Waals surface area (Å²) in [6, 6.07) is -0.285. The topological polar surface area (TPSA) is 92.1 Å². The summed E-state index contributed by atoms with van der Waals surface area (Å²) < 4.78 is 2.26. The van der Waals surface area contributed by atoms with Crippen LogP contribution in [0.3, 0.4) is 0 Å². The van der Waals surface area contributed by atoms with E-state index in [9.17, 15) is 9.90 Å². The first-order valence-electron chi connectivity index (χ1n) is 9.37. The molecule has 2 atom stereocenters. The molecule has 2 aliphatic rings. The Balaban J connectivity index is 1.38. The van der Waals surface area contributed by atoms with Crippen LogP contribution >= 0.6 is 0 Å². The van der Waals surface area contributed by atoms with Crippen LogP contribution in [0.5, 0.6) is 0 Å². The molecule has 134 valence electrons. The van der Waals surface area contributed by atoms with Crippen molar-refractivity contribution in [1.29, 1.82) is 0 Å². The summed E-state index contributed by atoms with van der Waals surface area (Å²) in [6.45, 7) is 1.63. The van der Waals surface area contributed by atoms with Gasteiger partial charge in [-0.3, -0.25) is 0 Å². The van der Waals surface area contributed by atoms with Gasteiger partial charge in [-0.25, -0.2) is 4.79 Å². The molecule has 0 aromatic carbocycles. The monoisotopic (exact) mass is 335 g/mol. The summed E-state index contributed by atoms with van der Waals surface area (Å²) in [6.07, 6.45) is 9.71. The predicted octanol–water partition coefficient (Wildman–Crippen LogP) is 1.54. The van der Waals surface area contributed by atoms with E-state index in [0.717, 1.165) is 63.1 Å². The quantitative estimate of drug-likeness (QED) is 0.712. The first-order valence-corrected chi connectivity index (χ1v) is 9.37. The van der Waals surface area contributed by atoms with Gasteiger partial charge in [-0.2, -0.15) is 0 Å². The van der Waals surface area contributed by atoms with Crippen LogP contribution in [0.1, 0.15) is 63.0 Å². The Labute approximate surface area is 143 Å². The van der Waals surface area contributed by atoms with Gasteiger partial charge in [0.2, 0.25) is 0 Å². The van der Waals surface area contributed by atoms with Crippen molar-refractivity contribution in [3.63, 3.8) is 0 Å².